The first-order valence-corrected chi connectivity index (χ1v) is 8.89. The van der Waals surface area contributed by atoms with E-state index in [1.54, 1.807) is 16.3 Å². The van der Waals surface area contributed by atoms with Gasteiger partial charge in [0.2, 0.25) is 5.91 Å². The van der Waals surface area contributed by atoms with Crippen LogP contribution in [0, 0.1) is 0 Å². The van der Waals surface area contributed by atoms with Gasteiger partial charge in [0, 0.05) is 6.42 Å². The minimum absolute atomic E-state index is 0.0933. The predicted molar refractivity (Wildman–Crippen MR) is 99.7 cm³/mol. The maximum absolute atomic E-state index is 12.1. The van der Waals surface area contributed by atoms with Crippen molar-refractivity contribution in [3.05, 3.63) is 29.9 Å². The Kier molecular flexibility index (Phi) is 4.90. The summed E-state index contributed by atoms with van der Waals surface area (Å²) in [6.07, 6.45) is 2.90. The molecule has 0 aromatic carbocycles. The minimum atomic E-state index is -0.250. The fraction of sp³-hybridized carbons (Fsp3) is 0.294. The summed E-state index contributed by atoms with van der Waals surface area (Å²) in [5.74, 6) is 0.744. The van der Waals surface area contributed by atoms with Crippen LogP contribution in [0.1, 0.15) is 26.7 Å². The third kappa shape index (κ3) is 3.38. The average Bonchev–Trinajstić information content (AvgIpc) is 3.31. The van der Waals surface area contributed by atoms with Gasteiger partial charge in [-0.1, -0.05) is 6.07 Å². The van der Waals surface area contributed by atoms with Crippen LogP contribution in [0.15, 0.2) is 29.9 Å². The van der Waals surface area contributed by atoms with Crippen LogP contribution in [0.4, 0.5) is 5.82 Å². The van der Waals surface area contributed by atoms with E-state index in [-0.39, 0.29) is 17.9 Å². The summed E-state index contributed by atoms with van der Waals surface area (Å²) in [7, 11) is 0. The highest BCUT2D eigenvalue weighted by atomic mass is 32.1. The molecule has 1 saturated heterocycles. The number of aromatic amines is 1. The second-order valence-electron chi connectivity index (χ2n) is 6.40. The molecular weight excluding hydrogens is 354 g/mol. The number of carboxylic acid groups (broad SMARTS) is 1. The Morgan fingerprint density at radius 1 is 1.42 bits per heavy atom. The number of amides is 1. The van der Waals surface area contributed by atoms with Crippen LogP contribution >= 0.6 is 11.3 Å². The van der Waals surface area contributed by atoms with Crippen LogP contribution in [-0.2, 0) is 9.59 Å². The molecule has 4 rings (SSSR count). The van der Waals surface area contributed by atoms with Crippen LogP contribution in [0.3, 0.4) is 0 Å². The summed E-state index contributed by atoms with van der Waals surface area (Å²) in [4.78, 5) is 33.6. The topological polar surface area (TPSA) is 111 Å². The fourth-order valence-corrected chi connectivity index (χ4v) is 3.58. The van der Waals surface area contributed by atoms with Gasteiger partial charge in [0.25, 0.3) is 6.47 Å². The number of H-pyrrole nitrogens is 1. The lowest BCUT2D eigenvalue weighted by atomic mass is 10.0. The zero-order valence-electron chi connectivity index (χ0n) is 14.4. The molecule has 1 aliphatic rings. The molecule has 3 N–H and O–H groups in total. The number of hydrogen-bond donors (Lipinski definition) is 3. The lowest BCUT2D eigenvalue weighted by Gasteiger charge is -2.32. The van der Waals surface area contributed by atoms with Crippen molar-refractivity contribution >= 4 is 40.6 Å². The number of rotatable bonds is 3. The second kappa shape index (κ2) is 7.12. The SMILES string of the molecule is CC1(C)CCC(=O)N1Nc1ncnc2[nH]c(-c3cccs3)cc12.O=CO. The number of carbonyl (C=O) groups is 2. The third-order valence-corrected chi connectivity index (χ3v) is 5.14. The van der Waals surface area contributed by atoms with E-state index >= 15 is 0 Å². The van der Waals surface area contributed by atoms with Gasteiger partial charge in [0.1, 0.15) is 12.0 Å². The molecule has 1 fully saturated rings. The molecule has 1 aliphatic heterocycles. The Labute approximate surface area is 153 Å². The van der Waals surface area contributed by atoms with Gasteiger partial charge in [-0.05, 0) is 37.8 Å². The van der Waals surface area contributed by atoms with E-state index in [1.807, 2.05) is 17.5 Å². The van der Waals surface area contributed by atoms with Crippen LogP contribution < -0.4 is 5.43 Å². The molecule has 3 aromatic heterocycles. The fourth-order valence-electron chi connectivity index (χ4n) is 2.89. The number of hydrogen-bond acceptors (Lipinski definition) is 6. The van der Waals surface area contributed by atoms with E-state index in [1.165, 1.54) is 6.33 Å². The molecule has 0 bridgehead atoms. The normalized spacial score (nSPS) is 15.6. The highest BCUT2D eigenvalue weighted by Gasteiger charge is 2.38. The van der Waals surface area contributed by atoms with Crippen molar-refractivity contribution in [2.24, 2.45) is 0 Å². The Balaban J connectivity index is 0.000000613. The summed E-state index contributed by atoms with van der Waals surface area (Å²) in [6, 6.07) is 6.10. The third-order valence-electron chi connectivity index (χ3n) is 4.24. The summed E-state index contributed by atoms with van der Waals surface area (Å²) in [6.45, 7) is 3.86. The number of carbonyl (C=O) groups excluding carboxylic acids is 1. The monoisotopic (exact) mass is 373 g/mol. The largest absolute Gasteiger partial charge is 0.483 e. The zero-order valence-corrected chi connectivity index (χ0v) is 15.2. The lowest BCUT2D eigenvalue weighted by Crippen LogP contribution is -2.45. The van der Waals surface area contributed by atoms with Gasteiger partial charge in [-0.15, -0.1) is 11.3 Å². The molecule has 0 aliphatic carbocycles. The number of thiophene rings is 1. The van der Waals surface area contributed by atoms with Crippen molar-refractivity contribution in [1.82, 2.24) is 20.0 Å². The van der Waals surface area contributed by atoms with Crippen LogP contribution in [0.2, 0.25) is 0 Å². The number of nitrogens with one attached hydrogen (secondary N) is 2. The number of fused-ring (bicyclic) bond motifs is 1. The summed E-state index contributed by atoms with van der Waals surface area (Å²) in [5.41, 5.74) is 4.74. The van der Waals surface area contributed by atoms with Crippen molar-refractivity contribution in [2.45, 2.75) is 32.2 Å². The highest BCUT2D eigenvalue weighted by molar-refractivity contribution is 7.13. The van der Waals surface area contributed by atoms with Crippen molar-refractivity contribution in [2.75, 3.05) is 5.43 Å². The van der Waals surface area contributed by atoms with Gasteiger partial charge in [-0.25, -0.2) is 15.0 Å². The number of hydrazine groups is 1. The molecular formula is C17H19N5O3S. The van der Waals surface area contributed by atoms with Gasteiger partial charge in [-0.2, -0.15) is 0 Å². The van der Waals surface area contributed by atoms with Crippen molar-refractivity contribution in [3.8, 4) is 10.6 Å². The molecule has 0 spiro atoms. The van der Waals surface area contributed by atoms with E-state index in [4.69, 9.17) is 9.90 Å². The number of anilines is 1. The van der Waals surface area contributed by atoms with Crippen molar-refractivity contribution in [3.63, 3.8) is 0 Å². The minimum Gasteiger partial charge on any atom is -0.483 e. The van der Waals surface area contributed by atoms with Gasteiger partial charge >= 0.3 is 0 Å². The van der Waals surface area contributed by atoms with Crippen molar-refractivity contribution < 1.29 is 14.7 Å². The molecule has 4 heterocycles. The van der Waals surface area contributed by atoms with Crippen LogP contribution in [-0.4, -0.2) is 43.0 Å². The predicted octanol–water partition coefficient (Wildman–Crippen LogP) is 3.12. The molecule has 1 amide bonds. The first-order valence-electron chi connectivity index (χ1n) is 8.01. The van der Waals surface area contributed by atoms with Gasteiger partial charge < -0.3 is 10.1 Å². The van der Waals surface area contributed by atoms with Crippen molar-refractivity contribution in [1.29, 1.82) is 0 Å². The Bertz CT molecular complexity index is 920. The first-order chi connectivity index (χ1) is 12.5. The van der Waals surface area contributed by atoms with E-state index in [9.17, 15) is 4.79 Å². The van der Waals surface area contributed by atoms with Crippen LogP contribution in [0.25, 0.3) is 21.6 Å². The second-order valence-corrected chi connectivity index (χ2v) is 7.35. The van der Waals surface area contributed by atoms with Gasteiger partial charge in [0.15, 0.2) is 5.82 Å². The Morgan fingerprint density at radius 3 is 2.81 bits per heavy atom. The summed E-state index contributed by atoms with van der Waals surface area (Å²) < 4.78 is 0. The maximum atomic E-state index is 12.1. The van der Waals surface area contributed by atoms with Crippen LogP contribution in [0.5, 0.6) is 0 Å². The summed E-state index contributed by atoms with van der Waals surface area (Å²) >= 11 is 1.67. The standard InChI is InChI=1S/C16H17N5OS.CH2O2/c1-16(2)6-5-13(22)21(16)20-15-10-8-11(12-4-3-7-23-12)19-14(10)17-9-18-15;2-1-3/h3-4,7-9H,5-6H2,1-2H3,(H2,17,18,19,20);1H,(H,2,3). The molecule has 136 valence electrons. The van der Waals surface area contributed by atoms with E-state index in [2.05, 4.69) is 40.3 Å². The van der Waals surface area contributed by atoms with E-state index in [0.29, 0.717) is 12.2 Å². The molecule has 9 heteroatoms. The molecule has 0 unspecified atom stereocenters. The first kappa shape index (κ1) is 17.9. The quantitative estimate of drug-likeness (QED) is 0.608. The smallest absolute Gasteiger partial charge is 0.290 e. The average molecular weight is 373 g/mol. The van der Waals surface area contributed by atoms with E-state index in [0.717, 1.165) is 28.0 Å². The molecule has 0 saturated carbocycles. The lowest BCUT2D eigenvalue weighted by molar-refractivity contribution is -0.129. The Hall–Kier alpha value is -2.94. The molecule has 0 radical (unpaired) electrons. The summed E-state index contributed by atoms with van der Waals surface area (Å²) in [5, 5.41) is 11.5. The Morgan fingerprint density at radius 2 is 2.19 bits per heavy atom. The van der Waals surface area contributed by atoms with Gasteiger partial charge in [-0.3, -0.25) is 15.0 Å². The molecule has 8 nitrogen and oxygen atoms in total. The maximum Gasteiger partial charge on any atom is 0.290 e. The zero-order chi connectivity index (χ0) is 18.7. The highest BCUT2D eigenvalue weighted by Crippen LogP contribution is 2.33. The molecule has 26 heavy (non-hydrogen) atoms. The number of nitrogens with zero attached hydrogens (tertiary/aromatic N) is 3. The molecule has 0 atom stereocenters. The van der Waals surface area contributed by atoms with Gasteiger partial charge in [0.05, 0.1) is 21.5 Å². The number of aromatic nitrogens is 3. The molecule has 3 aromatic rings. The van der Waals surface area contributed by atoms with E-state index < -0.39 is 0 Å².